The Morgan fingerprint density at radius 2 is 2.30 bits per heavy atom. The fraction of sp³-hybridized carbons (Fsp3) is 0.500. The summed E-state index contributed by atoms with van der Waals surface area (Å²) in [6, 6.07) is 10.5. The molecule has 0 saturated carbocycles. The molecule has 5 heteroatoms. The largest absolute Gasteiger partial charge is 0.381 e. The summed E-state index contributed by atoms with van der Waals surface area (Å²) in [7, 11) is 2.10. The van der Waals surface area contributed by atoms with E-state index in [1.807, 2.05) is 6.07 Å². The van der Waals surface area contributed by atoms with Crippen LogP contribution in [0.25, 0.3) is 10.9 Å². The molecule has 0 spiro atoms. The highest BCUT2D eigenvalue weighted by Gasteiger charge is 2.19. The standard InChI is InChI=1S/C18H26N4O/c1-3-19-18(22(2)12-14-8-9-23-13-14)20-11-16-10-15-6-4-5-7-17(15)21-16/h4-7,10,14,21H,3,8-9,11-13H2,1-2H3,(H,19,20). The Hall–Kier alpha value is -2.01. The highest BCUT2D eigenvalue weighted by atomic mass is 16.5. The molecule has 3 rings (SSSR count). The van der Waals surface area contributed by atoms with Gasteiger partial charge in [-0.05, 0) is 30.9 Å². The number of benzene rings is 1. The third-order valence-corrected chi connectivity index (χ3v) is 4.24. The van der Waals surface area contributed by atoms with Gasteiger partial charge >= 0.3 is 0 Å². The average Bonchev–Trinajstić information content (AvgIpc) is 3.19. The number of hydrogen-bond donors (Lipinski definition) is 2. The molecule has 0 radical (unpaired) electrons. The van der Waals surface area contributed by atoms with E-state index in [4.69, 9.17) is 9.73 Å². The zero-order valence-corrected chi connectivity index (χ0v) is 14.0. The first-order valence-corrected chi connectivity index (χ1v) is 8.40. The summed E-state index contributed by atoms with van der Waals surface area (Å²) in [4.78, 5) is 10.4. The van der Waals surface area contributed by atoms with Gasteiger partial charge < -0.3 is 19.9 Å². The number of aromatic amines is 1. The topological polar surface area (TPSA) is 52.7 Å². The van der Waals surface area contributed by atoms with Crippen LogP contribution in [0.5, 0.6) is 0 Å². The van der Waals surface area contributed by atoms with Crippen LogP contribution in [-0.4, -0.2) is 49.2 Å². The maximum Gasteiger partial charge on any atom is 0.194 e. The van der Waals surface area contributed by atoms with Crippen molar-refractivity contribution in [3.63, 3.8) is 0 Å². The van der Waals surface area contributed by atoms with Crippen molar-refractivity contribution in [2.45, 2.75) is 19.9 Å². The quantitative estimate of drug-likeness (QED) is 0.659. The van der Waals surface area contributed by atoms with Gasteiger partial charge in [0, 0.05) is 43.9 Å². The normalized spacial score (nSPS) is 18.5. The van der Waals surface area contributed by atoms with Crippen molar-refractivity contribution in [1.29, 1.82) is 0 Å². The van der Waals surface area contributed by atoms with Crippen LogP contribution < -0.4 is 5.32 Å². The molecular weight excluding hydrogens is 288 g/mol. The van der Waals surface area contributed by atoms with Crippen molar-refractivity contribution < 1.29 is 4.74 Å². The average molecular weight is 314 g/mol. The van der Waals surface area contributed by atoms with E-state index in [0.29, 0.717) is 12.5 Å². The van der Waals surface area contributed by atoms with Gasteiger partial charge in [0.05, 0.1) is 13.2 Å². The fourth-order valence-electron chi connectivity index (χ4n) is 3.05. The lowest BCUT2D eigenvalue weighted by atomic mass is 10.1. The molecule has 1 unspecified atom stereocenters. The Kier molecular flexibility index (Phi) is 5.18. The Balaban J connectivity index is 1.67. The monoisotopic (exact) mass is 314 g/mol. The summed E-state index contributed by atoms with van der Waals surface area (Å²) < 4.78 is 5.47. The van der Waals surface area contributed by atoms with E-state index in [2.05, 4.69) is 53.4 Å². The molecule has 1 aliphatic rings. The molecule has 0 amide bonds. The number of H-pyrrole nitrogens is 1. The zero-order chi connectivity index (χ0) is 16.1. The number of hydrogen-bond acceptors (Lipinski definition) is 2. The lowest BCUT2D eigenvalue weighted by Crippen LogP contribution is -2.41. The maximum absolute atomic E-state index is 5.47. The van der Waals surface area contributed by atoms with Crippen molar-refractivity contribution in [2.24, 2.45) is 10.9 Å². The molecule has 1 aromatic heterocycles. The van der Waals surface area contributed by atoms with Gasteiger partial charge in [-0.15, -0.1) is 0 Å². The lowest BCUT2D eigenvalue weighted by Gasteiger charge is -2.24. The molecular formula is C18H26N4O. The summed E-state index contributed by atoms with van der Waals surface area (Å²) >= 11 is 0. The van der Waals surface area contributed by atoms with Gasteiger partial charge in [-0.25, -0.2) is 4.99 Å². The van der Waals surface area contributed by atoms with Gasteiger partial charge in [0.15, 0.2) is 5.96 Å². The number of aromatic nitrogens is 1. The van der Waals surface area contributed by atoms with Gasteiger partial charge in [-0.1, -0.05) is 18.2 Å². The smallest absolute Gasteiger partial charge is 0.194 e. The van der Waals surface area contributed by atoms with Gasteiger partial charge in [0.2, 0.25) is 0 Å². The third kappa shape index (κ3) is 4.05. The van der Waals surface area contributed by atoms with Crippen LogP contribution in [0.15, 0.2) is 35.3 Å². The minimum atomic E-state index is 0.608. The van der Waals surface area contributed by atoms with Crippen LogP contribution in [0.1, 0.15) is 19.0 Å². The van der Waals surface area contributed by atoms with Gasteiger partial charge in [-0.3, -0.25) is 0 Å². The summed E-state index contributed by atoms with van der Waals surface area (Å²) in [5.41, 5.74) is 2.30. The Labute approximate surface area is 137 Å². The van der Waals surface area contributed by atoms with E-state index in [-0.39, 0.29) is 0 Å². The molecule has 1 saturated heterocycles. The number of guanidine groups is 1. The highest BCUT2D eigenvalue weighted by Crippen LogP contribution is 2.16. The van der Waals surface area contributed by atoms with Crippen LogP contribution in [0.2, 0.25) is 0 Å². The molecule has 23 heavy (non-hydrogen) atoms. The second-order valence-electron chi connectivity index (χ2n) is 6.16. The summed E-state index contributed by atoms with van der Waals surface area (Å²) in [5.74, 6) is 1.56. The number of nitrogens with zero attached hydrogens (tertiary/aromatic N) is 2. The molecule has 0 aliphatic carbocycles. The van der Waals surface area contributed by atoms with Gasteiger partial charge in [0.25, 0.3) is 0 Å². The first kappa shape index (κ1) is 15.9. The van der Waals surface area contributed by atoms with Crippen molar-refractivity contribution in [2.75, 3.05) is 33.4 Å². The van der Waals surface area contributed by atoms with Crippen LogP contribution in [0.3, 0.4) is 0 Å². The van der Waals surface area contributed by atoms with E-state index in [1.165, 1.54) is 10.9 Å². The first-order chi connectivity index (χ1) is 11.3. The van der Waals surface area contributed by atoms with E-state index in [1.54, 1.807) is 0 Å². The zero-order valence-electron chi connectivity index (χ0n) is 14.0. The number of nitrogens with one attached hydrogen (secondary N) is 2. The van der Waals surface area contributed by atoms with Crippen LogP contribution in [-0.2, 0) is 11.3 Å². The van der Waals surface area contributed by atoms with Crippen LogP contribution >= 0.6 is 0 Å². The van der Waals surface area contributed by atoms with Crippen molar-refractivity contribution >= 4 is 16.9 Å². The second-order valence-corrected chi connectivity index (χ2v) is 6.16. The maximum atomic E-state index is 5.47. The molecule has 1 atom stereocenters. The third-order valence-electron chi connectivity index (χ3n) is 4.24. The molecule has 2 N–H and O–H groups in total. The second kappa shape index (κ2) is 7.51. The fourth-order valence-corrected chi connectivity index (χ4v) is 3.05. The Morgan fingerprint density at radius 1 is 1.43 bits per heavy atom. The van der Waals surface area contributed by atoms with Gasteiger partial charge in [-0.2, -0.15) is 0 Å². The molecule has 2 heterocycles. The first-order valence-electron chi connectivity index (χ1n) is 8.40. The van der Waals surface area contributed by atoms with Crippen molar-refractivity contribution in [3.8, 4) is 0 Å². The van der Waals surface area contributed by atoms with E-state index < -0.39 is 0 Å². The number of fused-ring (bicyclic) bond motifs is 1. The molecule has 124 valence electrons. The Morgan fingerprint density at radius 3 is 3.04 bits per heavy atom. The molecule has 2 aromatic rings. The summed E-state index contributed by atoms with van der Waals surface area (Å²) in [6.45, 7) is 6.37. The minimum Gasteiger partial charge on any atom is -0.381 e. The SMILES string of the molecule is CCNC(=NCc1cc2ccccc2[nH]1)N(C)CC1CCOC1. The number of para-hydroxylation sites is 1. The highest BCUT2D eigenvalue weighted by molar-refractivity contribution is 5.81. The molecule has 1 fully saturated rings. The van der Waals surface area contributed by atoms with Crippen molar-refractivity contribution in [3.05, 3.63) is 36.0 Å². The van der Waals surface area contributed by atoms with Crippen LogP contribution in [0, 0.1) is 5.92 Å². The minimum absolute atomic E-state index is 0.608. The predicted molar refractivity (Wildman–Crippen MR) is 94.7 cm³/mol. The lowest BCUT2D eigenvalue weighted by molar-refractivity contribution is 0.181. The number of rotatable bonds is 5. The number of aliphatic imine (C=N–C) groups is 1. The number of ether oxygens (including phenoxy) is 1. The predicted octanol–water partition coefficient (Wildman–Crippen LogP) is 2.60. The molecule has 1 aliphatic heterocycles. The summed E-state index contributed by atoms with van der Waals surface area (Å²) in [6.07, 6.45) is 1.14. The molecule has 0 bridgehead atoms. The van der Waals surface area contributed by atoms with E-state index in [0.717, 1.165) is 44.4 Å². The Bertz CT molecular complexity index is 625. The van der Waals surface area contributed by atoms with E-state index >= 15 is 0 Å². The molecule has 1 aromatic carbocycles. The van der Waals surface area contributed by atoms with E-state index in [9.17, 15) is 0 Å². The molecule has 5 nitrogen and oxygen atoms in total. The van der Waals surface area contributed by atoms with Crippen LogP contribution in [0.4, 0.5) is 0 Å². The van der Waals surface area contributed by atoms with Gasteiger partial charge in [0.1, 0.15) is 0 Å². The summed E-state index contributed by atoms with van der Waals surface area (Å²) in [5, 5.41) is 4.62. The van der Waals surface area contributed by atoms with Crippen molar-refractivity contribution in [1.82, 2.24) is 15.2 Å².